The van der Waals surface area contributed by atoms with Crippen LogP contribution in [0.4, 0.5) is 0 Å². The molecular weight excluding hydrogens is 272 g/mol. The topological polar surface area (TPSA) is 66.7 Å². The van der Waals surface area contributed by atoms with Crippen molar-refractivity contribution in [3.05, 3.63) is 34.1 Å². The fraction of sp³-hybridized carbons (Fsp3) is 0.400. The van der Waals surface area contributed by atoms with Gasteiger partial charge in [0.1, 0.15) is 11.9 Å². The molecule has 0 spiro atoms. The average molecular weight is 285 g/mol. The summed E-state index contributed by atoms with van der Waals surface area (Å²) in [5.74, 6) is 0.575. The number of H-pyrrole nitrogens is 1. The molecule has 0 aliphatic heterocycles. The largest absolute Gasteiger partial charge is 0.385 e. The number of aliphatic hydroxyl groups excluding tert-OH is 1. The molecular formula is C10H13BrN4O. The fourth-order valence-corrected chi connectivity index (χ4v) is 2.14. The molecule has 2 aromatic rings. The molecule has 0 saturated heterocycles. The zero-order chi connectivity index (χ0) is 11.7. The maximum Gasteiger partial charge on any atom is 0.135 e. The normalized spacial score (nSPS) is 13.0. The number of hydrogen-bond acceptors (Lipinski definition) is 3. The lowest BCUT2D eigenvalue weighted by Crippen LogP contribution is -2.08. The first-order valence-corrected chi connectivity index (χ1v) is 5.74. The number of halogens is 1. The molecule has 1 atom stereocenters. The van der Waals surface area contributed by atoms with Gasteiger partial charge in [-0.3, -0.25) is 4.68 Å². The van der Waals surface area contributed by atoms with Gasteiger partial charge in [-0.2, -0.15) is 5.10 Å². The molecule has 0 aromatic carbocycles. The molecule has 0 bridgehead atoms. The Morgan fingerprint density at radius 2 is 2.38 bits per heavy atom. The van der Waals surface area contributed by atoms with E-state index in [-0.39, 0.29) is 0 Å². The van der Waals surface area contributed by atoms with Gasteiger partial charge in [-0.15, -0.1) is 0 Å². The lowest BCUT2D eigenvalue weighted by molar-refractivity contribution is 0.166. The van der Waals surface area contributed by atoms with Crippen molar-refractivity contribution >= 4 is 15.9 Å². The van der Waals surface area contributed by atoms with Crippen LogP contribution >= 0.6 is 15.9 Å². The summed E-state index contributed by atoms with van der Waals surface area (Å²) in [5, 5.41) is 14.2. The van der Waals surface area contributed by atoms with E-state index in [1.807, 2.05) is 14.0 Å². The number of rotatable bonds is 3. The van der Waals surface area contributed by atoms with Crippen molar-refractivity contribution in [3.63, 3.8) is 0 Å². The average Bonchev–Trinajstić information content (AvgIpc) is 2.83. The molecule has 0 radical (unpaired) electrons. The van der Waals surface area contributed by atoms with E-state index in [1.165, 1.54) is 0 Å². The van der Waals surface area contributed by atoms with Gasteiger partial charge in [0.2, 0.25) is 0 Å². The lowest BCUT2D eigenvalue weighted by Gasteiger charge is -2.08. The maximum absolute atomic E-state index is 9.97. The Bertz CT molecular complexity index is 477. The van der Waals surface area contributed by atoms with Gasteiger partial charge in [0, 0.05) is 25.9 Å². The van der Waals surface area contributed by atoms with Crippen LogP contribution in [0.5, 0.6) is 0 Å². The Balaban J connectivity index is 2.21. The molecule has 0 saturated carbocycles. The number of nitrogens with zero attached hydrogens (tertiary/aromatic N) is 3. The predicted octanol–water partition coefficient (Wildman–Crippen LogP) is 1.49. The second-order valence-corrected chi connectivity index (χ2v) is 4.46. The van der Waals surface area contributed by atoms with Crippen molar-refractivity contribution in [2.24, 2.45) is 7.05 Å². The van der Waals surface area contributed by atoms with Crippen molar-refractivity contribution < 1.29 is 5.11 Å². The summed E-state index contributed by atoms with van der Waals surface area (Å²) in [5.41, 5.74) is 1.88. The standard InChI is InChI=1S/C10H13BrN4O/c1-6-9(11)7(15(2)14-6)5-8(16)10-12-3-4-13-10/h3-4,8,16H,5H2,1-2H3,(H,12,13). The molecule has 0 aliphatic rings. The number of aliphatic hydroxyl groups is 1. The van der Waals surface area contributed by atoms with Crippen molar-refractivity contribution in [2.75, 3.05) is 0 Å². The van der Waals surface area contributed by atoms with Crippen LogP contribution in [0.1, 0.15) is 23.3 Å². The predicted molar refractivity (Wildman–Crippen MR) is 62.9 cm³/mol. The van der Waals surface area contributed by atoms with E-state index >= 15 is 0 Å². The second kappa shape index (κ2) is 4.39. The molecule has 0 fully saturated rings. The highest BCUT2D eigenvalue weighted by Crippen LogP contribution is 2.24. The molecule has 2 rings (SSSR count). The molecule has 16 heavy (non-hydrogen) atoms. The van der Waals surface area contributed by atoms with Crippen LogP contribution in [0.25, 0.3) is 0 Å². The Morgan fingerprint density at radius 1 is 1.62 bits per heavy atom. The smallest absolute Gasteiger partial charge is 0.135 e. The first-order valence-electron chi connectivity index (χ1n) is 4.95. The van der Waals surface area contributed by atoms with Gasteiger partial charge < -0.3 is 10.1 Å². The van der Waals surface area contributed by atoms with Crippen molar-refractivity contribution in [2.45, 2.75) is 19.4 Å². The fourth-order valence-electron chi connectivity index (χ4n) is 1.64. The molecule has 2 aromatic heterocycles. The molecule has 5 nitrogen and oxygen atoms in total. The van der Waals surface area contributed by atoms with E-state index in [1.54, 1.807) is 17.1 Å². The van der Waals surface area contributed by atoms with Crippen LogP contribution in [0, 0.1) is 6.92 Å². The van der Waals surface area contributed by atoms with Gasteiger partial charge in [0.25, 0.3) is 0 Å². The van der Waals surface area contributed by atoms with Crippen molar-refractivity contribution in [1.29, 1.82) is 0 Å². The van der Waals surface area contributed by atoms with Crippen molar-refractivity contribution in [3.8, 4) is 0 Å². The van der Waals surface area contributed by atoms with E-state index in [4.69, 9.17) is 0 Å². The summed E-state index contributed by atoms with van der Waals surface area (Å²) >= 11 is 3.47. The minimum atomic E-state index is -0.638. The third-order valence-corrected chi connectivity index (χ3v) is 3.51. The molecule has 86 valence electrons. The van der Waals surface area contributed by atoms with E-state index in [0.717, 1.165) is 15.9 Å². The number of imidazole rings is 1. The third kappa shape index (κ3) is 2.03. The van der Waals surface area contributed by atoms with Gasteiger partial charge in [-0.1, -0.05) is 0 Å². The minimum absolute atomic E-state index is 0.478. The lowest BCUT2D eigenvalue weighted by atomic mass is 10.2. The van der Waals surface area contributed by atoms with Crippen LogP contribution < -0.4 is 0 Å². The number of nitrogens with one attached hydrogen (secondary N) is 1. The SMILES string of the molecule is Cc1nn(C)c(CC(O)c2ncc[nH]2)c1Br. The van der Waals surface area contributed by atoms with E-state index in [9.17, 15) is 5.11 Å². The summed E-state index contributed by atoms with van der Waals surface area (Å²) in [6.07, 6.45) is 3.16. The van der Waals surface area contributed by atoms with Gasteiger partial charge in [-0.25, -0.2) is 4.98 Å². The molecule has 0 amide bonds. The summed E-state index contributed by atoms with van der Waals surface area (Å²) < 4.78 is 2.71. The maximum atomic E-state index is 9.97. The number of aryl methyl sites for hydroxylation is 2. The van der Waals surface area contributed by atoms with Crippen LogP contribution in [0.15, 0.2) is 16.9 Å². The zero-order valence-electron chi connectivity index (χ0n) is 9.11. The Kier molecular flexibility index (Phi) is 3.11. The molecule has 6 heteroatoms. The van der Waals surface area contributed by atoms with Crippen LogP contribution in [0.3, 0.4) is 0 Å². The van der Waals surface area contributed by atoms with Crippen molar-refractivity contribution in [1.82, 2.24) is 19.7 Å². The van der Waals surface area contributed by atoms with E-state index in [2.05, 4.69) is 31.0 Å². The molecule has 0 aliphatic carbocycles. The number of aromatic amines is 1. The number of hydrogen-bond donors (Lipinski definition) is 2. The van der Waals surface area contributed by atoms with Crippen LogP contribution in [-0.2, 0) is 13.5 Å². The van der Waals surface area contributed by atoms with E-state index < -0.39 is 6.10 Å². The van der Waals surface area contributed by atoms with Gasteiger partial charge in [0.15, 0.2) is 0 Å². The summed E-state index contributed by atoms with van der Waals surface area (Å²) in [6, 6.07) is 0. The van der Waals surface area contributed by atoms with Crippen LogP contribution in [0.2, 0.25) is 0 Å². The quantitative estimate of drug-likeness (QED) is 0.898. The first-order chi connectivity index (χ1) is 7.59. The Morgan fingerprint density at radius 3 is 2.88 bits per heavy atom. The highest BCUT2D eigenvalue weighted by atomic mass is 79.9. The Labute approximate surface area is 102 Å². The molecule has 2 heterocycles. The molecule has 1 unspecified atom stereocenters. The summed E-state index contributed by atoms with van der Waals surface area (Å²) in [4.78, 5) is 6.92. The molecule has 2 N–H and O–H groups in total. The summed E-state index contributed by atoms with van der Waals surface area (Å²) in [7, 11) is 1.86. The zero-order valence-corrected chi connectivity index (χ0v) is 10.7. The third-order valence-electron chi connectivity index (χ3n) is 2.48. The highest BCUT2D eigenvalue weighted by Gasteiger charge is 2.17. The number of aromatic nitrogens is 4. The van der Waals surface area contributed by atoms with Gasteiger partial charge in [0.05, 0.1) is 15.9 Å². The first kappa shape index (κ1) is 11.3. The Hall–Kier alpha value is -1.14. The minimum Gasteiger partial charge on any atom is -0.385 e. The highest BCUT2D eigenvalue weighted by molar-refractivity contribution is 9.10. The van der Waals surface area contributed by atoms with Gasteiger partial charge in [-0.05, 0) is 22.9 Å². The second-order valence-electron chi connectivity index (χ2n) is 3.66. The van der Waals surface area contributed by atoms with Crippen LogP contribution in [-0.4, -0.2) is 24.9 Å². The van der Waals surface area contributed by atoms with E-state index in [0.29, 0.717) is 12.2 Å². The summed E-state index contributed by atoms with van der Waals surface area (Å²) in [6.45, 7) is 1.92. The van der Waals surface area contributed by atoms with Gasteiger partial charge >= 0.3 is 0 Å². The monoisotopic (exact) mass is 284 g/mol.